The minimum Gasteiger partial charge on any atom is -0.449 e. The largest absolute Gasteiger partial charge is 0.449 e. The molecule has 9 heteroatoms. The van der Waals surface area contributed by atoms with Crippen LogP contribution in [0.2, 0.25) is 0 Å². The van der Waals surface area contributed by atoms with Gasteiger partial charge in [-0.05, 0) is 51.8 Å². The summed E-state index contributed by atoms with van der Waals surface area (Å²) in [5, 5.41) is 0. The highest BCUT2D eigenvalue weighted by Crippen LogP contribution is 2.22. The molecule has 2 fully saturated rings. The van der Waals surface area contributed by atoms with Crippen LogP contribution < -0.4 is 0 Å². The molecular weight excluding hydrogens is 408 g/mol. The van der Waals surface area contributed by atoms with E-state index in [0.717, 1.165) is 19.3 Å². The fraction of sp³-hybridized carbons (Fsp3) is 0.619. The van der Waals surface area contributed by atoms with Crippen molar-refractivity contribution in [3.05, 3.63) is 29.8 Å². The molecule has 0 bridgehead atoms. The lowest BCUT2D eigenvalue weighted by Crippen LogP contribution is -2.51. The Balaban J connectivity index is 1.68. The van der Waals surface area contributed by atoms with Gasteiger partial charge in [0.25, 0.3) is 5.91 Å². The number of hydrogen-bond acceptors (Lipinski definition) is 6. The molecule has 166 valence electrons. The summed E-state index contributed by atoms with van der Waals surface area (Å²) >= 11 is 0. The summed E-state index contributed by atoms with van der Waals surface area (Å²) in [5.74, 6) is -1.01. The molecule has 3 unspecified atom stereocenters. The SMILES string of the molecule is CC1CN(C(=O)C(C)OC(=O)c2cccc(S(=O)(=O)N3CCCCC3)c2)CC(C)O1. The molecule has 0 aliphatic carbocycles. The molecule has 2 aliphatic rings. The van der Waals surface area contributed by atoms with Crippen LogP contribution in [-0.2, 0) is 24.3 Å². The standard InChI is InChI=1S/C21H30N2O6S/c1-15-13-22(14-16(2)28-15)20(24)17(3)29-21(25)18-8-7-9-19(12-18)30(26,27)23-10-5-4-6-11-23/h7-9,12,15-17H,4-6,10-11,13-14H2,1-3H3. The van der Waals surface area contributed by atoms with Gasteiger partial charge in [0.15, 0.2) is 6.10 Å². The minimum atomic E-state index is -3.66. The minimum absolute atomic E-state index is 0.0636. The van der Waals surface area contributed by atoms with Crippen molar-refractivity contribution in [3.8, 4) is 0 Å². The number of nitrogens with zero attached hydrogens (tertiary/aromatic N) is 2. The van der Waals surface area contributed by atoms with Crippen LogP contribution in [0, 0.1) is 0 Å². The highest BCUT2D eigenvalue weighted by molar-refractivity contribution is 7.89. The van der Waals surface area contributed by atoms with Crippen LogP contribution in [0.3, 0.4) is 0 Å². The van der Waals surface area contributed by atoms with E-state index in [1.54, 1.807) is 4.90 Å². The quantitative estimate of drug-likeness (QED) is 0.653. The predicted molar refractivity (Wildman–Crippen MR) is 111 cm³/mol. The van der Waals surface area contributed by atoms with E-state index in [9.17, 15) is 18.0 Å². The van der Waals surface area contributed by atoms with Gasteiger partial charge in [-0.1, -0.05) is 12.5 Å². The second-order valence-corrected chi connectivity index (χ2v) is 9.98. The van der Waals surface area contributed by atoms with Crippen LogP contribution in [0.5, 0.6) is 0 Å². The third-order valence-corrected chi connectivity index (χ3v) is 7.28. The monoisotopic (exact) mass is 438 g/mol. The van der Waals surface area contributed by atoms with Gasteiger partial charge >= 0.3 is 5.97 Å². The molecule has 1 aromatic carbocycles. The molecule has 2 saturated heterocycles. The van der Waals surface area contributed by atoms with Gasteiger partial charge in [0.05, 0.1) is 22.7 Å². The predicted octanol–water partition coefficient (Wildman–Crippen LogP) is 2.04. The molecule has 0 radical (unpaired) electrons. The summed E-state index contributed by atoms with van der Waals surface area (Å²) < 4.78 is 38.2. The van der Waals surface area contributed by atoms with Crippen LogP contribution in [0.4, 0.5) is 0 Å². The van der Waals surface area contributed by atoms with Gasteiger partial charge in [0.2, 0.25) is 10.0 Å². The normalized spacial score (nSPS) is 24.3. The Morgan fingerprint density at radius 1 is 1.10 bits per heavy atom. The molecule has 30 heavy (non-hydrogen) atoms. The number of morpholine rings is 1. The molecule has 8 nitrogen and oxygen atoms in total. The molecule has 0 spiro atoms. The highest BCUT2D eigenvalue weighted by atomic mass is 32.2. The zero-order valence-corrected chi connectivity index (χ0v) is 18.6. The average Bonchev–Trinajstić information content (AvgIpc) is 2.73. The van der Waals surface area contributed by atoms with Gasteiger partial charge in [0, 0.05) is 26.2 Å². The first-order chi connectivity index (χ1) is 14.2. The number of sulfonamides is 1. The highest BCUT2D eigenvalue weighted by Gasteiger charge is 2.31. The molecule has 2 heterocycles. The molecule has 2 aliphatic heterocycles. The lowest BCUT2D eigenvalue weighted by Gasteiger charge is -2.36. The smallest absolute Gasteiger partial charge is 0.338 e. The first kappa shape index (κ1) is 22.7. The second-order valence-electron chi connectivity index (χ2n) is 8.04. The van der Waals surface area contributed by atoms with Gasteiger partial charge in [-0.25, -0.2) is 13.2 Å². The van der Waals surface area contributed by atoms with Crippen LogP contribution in [-0.4, -0.2) is 74.0 Å². The Morgan fingerprint density at radius 3 is 2.37 bits per heavy atom. The molecule has 1 aromatic rings. The van der Waals surface area contributed by atoms with Crippen LogP contribution in [0.25, 0.3) is 0 Å². The number of piperidine rings is 1. The summed E-state index contributed by atoms with van der Waals surface area (Å²) in [4.78, 5) is 27.0. The van der Waals surface area contributed by atoms with Gasteiger partial charge in [0.1, 0.15) is 0 Å². The van der Waals surface area contributed by atoms with E-state index in [-0.39, 0.29) is 28.6 Å². The van der Waals surface area contributed by atoms with Crippen molar-refractivity contribution in [2.45, 2.75) is 63.2 Å². The van der Waals surface area contributed by atoms with E-state index >= 15 is 0 Å². The Kier molecular flexibility index (Phi) is 7.15. The Hall–Kier alpha value is -1.97. The molecule has 0 aromatic heterocycles. The zero-order valence-electron chi connectivity index (χ0n) is 17.7. The summed E-state index contributed by atoms with van der Waals surface area (Å²) in [6, 6.07) is 5.81. The number of carbonyl (C=O) groups is 2. The van der Waals surface area contributed by atoms with E-state index in [1.807, 2.05) is 13.8 Å². The lowest BCUT2D eigenvalue weighted by atomic mass is 10.2. The van der Waals surface area contributed by atoms with Crippen LogP contribution >= 0.6 is 0 Å². The van der Waals surface area contributed by atoms with Gasteiger partial charge in [-0.3, -0.25) is 4.79 Å². The van der Waals surface area contributed by atoms with Gasteiger partial charge in [-0.2, -0.15) is 4.31 Å². The van der Waals surface area contributed by atoms with Crippen molar-refractivity contribution >= 4 is 21.9 Å². The maximum atomic E-state index is 12.9. The first-order valence-electron chi connectivity index (χ1n) is 10.4. The molecule has 1 amide bonds. The maximum Gasteiger partial charge on any atom is 0.338 e. The molecule has 0 N–H and O–H groups in total. The van der Waals surface area contributed by atoms with E-state index in [0.29, 0.717) is 26.2 Å². The number of ether oxygens (including phenoxy) is 2. The van der Waals surface area contributed by atoms with Crippen molar-refractivity contribution in [2.24, 2.45) is 0 Å². The molecule has 3 rings (SSSR count). The van der Waals surface area contributed by atoms with E-state index in [4.69, 9.17) is 9.47 Å². The maximum absolute atomic E-state index is 12.9. The molecule has 3 atom stereocenters. The number of rotatable bonds is 5. The van der Waals surface area contributed by atoms with Crippen molar-refractivity contribution in [2.75, 3.05) is 26.2 Å². The summed E-state index contributed by atoms with van der Waals surface area (Å²) in [6.45, 7) is 7.16. The number of esters is 1. The number of amides is 1. The number of benzene rings is 1. The van der Waals surface area contributed by atoms with Crippen molar-refractivity contribution in [1.82, 2.24) is 9.21 Å². The fourth-order valence-corrected chi connectivity index (χ4v) is 5.50. The third-order valence-electron chi connectivity index (χ3n) is 5.39. The van der Waals surface area contributed by atoms with Crippen molar-refractivity contribution in [3.63, 3.8) is 0 Å². The first-order valence-corrected chi connectivity index (χ1v) is 11.9. The molecular formula is C21H30N2O6S. The average molecular weight is 439 g/mol. The Bertz CT molecular complexity index is 871. The summed E-state index contributed by atoms with van der Waals surface area (Å²) in [6.07, 6.45) is 1.54. The number of hydrogen-bond donors (Lipinski definition) is 0. The van der Waals surface area contributed by atoms with Crippen LogP contribution in [0.15, 0.2) is 29.2 Å². The topological polar surface area (TPSA) is 93.2 Å². The Labute approximate surface area is 178 Å². The van der Waals surface area contributed by atoms with Crippen molar-refractivity contribution in [1.29, 1.82) is 0 Å². The van der Waals surface area contributed by atoms with E-state index in [2.05, 4.69) is 0 Å². The van der Waals surface area contributed by atoms with Gasteiger partial charge in [-0.15, -0.1) is 0 Å². The Morgan fingerprint density at radius 2 is 1.73 bits per heavy atom. The summed E-state index contributed by atoms with van der Waals surface area (Å²) in [5.41, 5.74) is 0.108. The number of carbonyl (C=O) groups excluding carboxylic acids is 2. The van der Waals surface area contributed by atoms with Crippen molar-refractivity contribution < 1.29 is 27.5 Å². The third kappa shape index (κ3) is 5.19. The lowest BCUT2D eigenvalue weighted by molar-refractivity contribution is -0.151. The summed E-state index contributed by atoms with van der Waals surface area (Å²) in [7, 11) is -3.66. The van der Waals surface area contributed by atoms with E-state index in [1.165, 1.54) is 35.5 Å². The van der Waals surface area contributed by atoms with E-state index < -0.39 is 22.1 Å². The fourth-order valence-electron chi connectivity index (χ4n) is 3.93. The zero-order chi connectivity index (χ0) is 21.9. The molecule has 0 saturated carbocycles. The second kappa shape index (κ2) is 9.45. The van der Waals surface area contributed by atoms with Crippen LogP contribution in [0.1, 0.15) is 50.4 Å². The van der Waals surface area contributed by atoms with Gasteiger partial charge < -0.3 is 14.4 Å².